The third-order valence-electron chi connectivity index (χ3n) is 8.13. The number of ether oxygens (including phenoxy) is 2. The molecule has 3 unspecified atom stereocenters. The number of likely N-dealkylation sites (tertiary alicyclic amines) is 1. The first-order valence-electron chi connectivity index (χ1n) is 12.8. The van der Waals surface area contributed by atoms with E-state index in [1.54, 1.807) is 22.8 Å². The second-order valence-electron chi connectivity index (χ2n) is 10.5. The van der Waals surface area contributed by atoms with Crippen molar-refractivity contribution in [2.45, 2.75) is 90.0 Å². The quantitative estimate of drug-likeness (QED) is 0.263. The Bertz CT molecular complexity index is 800. The molecular weight excluding hydrogens is 436 g/mol. The molecular formula is C26H42N2O6. The number of fused-ring (bicyclic) bond motifs is 1. The maximum absolute atomic E-state index is 14.1. The minimum atomic E-state index is -1.04. The minimum Gasteiger partial charge on any atom is -0.466 e. The summed E-state index contributed by atoms with van der Waals surface area (Å²) in [5.74, 6) is -2.21. The van der Waals surface area contributed by atoms with Crippen molar-refractivity contribution in [1.29, 1.82) is 0 Å². The fourth-order valence-corrected chi connectivity index (χ4v) is 6.45. The van der Waals surface area contributed by atoms with E-state index in [2.05, 4.69) is 6.58 Å². The number of carbonyl (C=O) groups is 3. The molecule has 8 nitrogen and oxygen atoms in total. The molecule has 0 radical (unpaired) electrons. The van der Waals surface area contributed by atoms with E-state index in [9.17, 15) is 14.4 Å². The van der Waals surface area contributed by atoms with Gasteiger partial charge in [-0.1, -0.05) is 25.8 Å². The van der Waals surface area contributed by atoms with Gasteiger partial charge in [0.15, 0.2) is 0 Å². The Labute approximate surface area is 203 Å². The Morgan fingerprint density at radius 3 is 2.59 bits per heavy atom. The molecule has 0 aromatic carbocycles. The monoisotopic (exact) mass is 478 g/mol. The lowest BCUT2D eigenvalue weighted by Crippen LogP contribution is -2.57. The van der Waals surface area contributed by atoms with E-state index in [1.165, 1.54) is 0 Å². The zero-order valence-corrected chi connectivity index (χ0v) is 21.4. The summed E-state index contributed by atoms with van der Waals surface area (Å²) in [5.41, 5.74) is -1.89. The number of aliphatic hydroxyl groups is 1. The molecule has 3 fully saturated rings. The van der Waals surface area contributed by atoms with Crippen molar-refractivity contribution in [1.82, 2.24) is 9.80 Å². The lowest BCUT2D eigenvalue weighted by Gasteiger charge is -2.38. The summed E-state index contributed by atoms with van der Waals surface area (Å²) in [6, 6.07) is -0.858. The fourth-order valence-electron chi connectivity index (χ4n) is 6.45. The number of carbonyl (C=O) groups excluding carboxylic acids is 3. The topological polar surface area (TPSA) is 96.4 Å². The van der Waals surface area contributed by atoms with Gasteiger partial charge >= 0.3 is 5.97 Å². The van der Waals surface area contributed by atoms with Crippen LogP contribution in [0.2, 0.25) is 0 Å². The first kappa shape index (κ1) is 26.7. The molecule has 3 aliphatic heterocycles. The Kier molecular flexibility index (Phi) is 8.13. The number of aliphatic hydroxyl groups excluding tert-OH is 1. The number of unbranched alkanes of at least 4 members (excludes halogenated alkanes) is 3. The molecule has 6 atom stereocenters. The lowest BCUT2D eigenvalue weighted by atomic mass is 9.62. The van der Waals surface area contributed by atoms with Crippen LogP contribution in [0.4, 0.5) is 0 Å². The van der Waals surface area contributed by atoms with E-state index in [-0.39, 0.29) is 37.0 Å². The van der Waals surface area contributed by atoms with Crippen LogP contribution in [0, 0.1) is 17.8 Å². The summed E-state index contributed by atoms with van der Waals surface area (Å²) >= 11 is 0. The first-order chi connectivity index (χ1) is 16.1. The van der Waals surface area contributed by atoms with E-state index >= 15 is 0 Å². The molecule has 0 aliphatic carbocycles. The number of nitrogens with zero attached hydrogens (tertiary/aromatic N) is 2. The lowest BCUT2D eigenvalue weighted by molar-refractivity contribution is -0.162. The molecule has 0 saturated carbocycles. The Hall–Kier alpha value is -1.93. The van der Waals surface area contributed by atoms with Crippen molar-refractivity contribution in [2.24, 2.45) is 17.8 Å². The summed E-state index contributed by atoms with van der Waals surface area (Å²) < 4.78 is 12.1. The van der Waals surface area contributed by atoms with Crippen LogP contribution in [0.1, 0.15) is 66.7 Å². The van der Waals surface area contributed by atoms with E-state index in [4.69, 9.17) is 14.6 Å². The molecule has 34 heavy (non-hydrogen) atoms. The Balaban J connectivity index is 2.02. The third-order valence-corrected chi connectivity index (χ3v) is 8.13. The standard InChI is InChI=1S/C26H42N2O6/c1-7-13-27(17(3)4)23(31)21-26-16-18(5)25(6,34-26)20(24(32)33-8-2)19(26)22(30)28(21)14-11-9-10-12-15-29/h7,17-21,29H,1,8-16H2,2-6H3/t18?,19-,20+,21?,25-,26?/m0/s1. The van der Waals surface area contributed by atoms with Crippen molar-refractivity contribution < 1.29 is 29.0 Å². The highest BCUT2D eigenvalue weighted by molar-refractivity contribution is 5.98. The van der Waals surface area contributed by atoms with E-state index < -0.39 is 35.0 Å². The smallest absolute Gasteiger partial charge is 0.312 e. The van der Waals surface area contributed by atoms with Crippen molar-refractivity contribution >= 4 is 17.8 Å². The van der Waals surface area contributed by atoms with Crippen LogP contribution in [0.3, 0.4) is 0 Å². The SMILES string of the molecule is C=CCN(C(=O)C1N(CCCCCCO)C(=O)[C@@H]2[C@H](C(=O)OCC)[C@@]3(C)OC12CC3C)C(C)C. The summed E-state index contributed by atoms with van der Waals surface area (Å²) in [4.78, 5) is 44.5. The third kappa shape index (κ3) is 4.17. The number of hydrogen-bond acceptors (Lipinski definition) is 6. The predicted molar refractivity (Wildman–Crippen MR) is 128 cm³/mol. The second kappa shape index (κ2) is 10.4. The van der Waals surface area contributed by atoms with Crippen LogP contribution in [-0.2, 0) is 23.9 Å². The van der Waals surface area contributed by atoms with Crippen molar-refractivity contribution in [3.8, 4) is 0 Å². The van der Waals surface area contributed by atoms with Crippen molar-refractivity contribution in [3.63, 3.8) is 0 Å². The number of rotatable bonds is 12. The molecule has 2 amide bonds. The van der Waals surface area contributed by atoms with E-state index in [0.29, 0.717) is 25.9 Å². The van der Waals surface area contributed by atoms with Gasteiger partial charge in [0.05, 0.1) is 18.1 Å². The van der Waals surface area contributed by atoms with Crippen LogP contribution in [0.25, 0.3) is 0 Å². The molecule has 3 rings (SSSR count). The molecule has 3 aliphatic rings. The second-order valence-corrected chi connectivity index (χ2v) is 10.5. The van der Waals surface area contributed by atoms with Crippen molar-refractivity contribution in [2.75, 3.05) is 26.3 Å². The van der Waals surface area contributed by atoms with Gasteiger partial charge in [-0.15, -0.1) is 6.58 Å². The van der Waals surface area contributed by atoms with Gasteiger partial charge in [0.25, 0.3) is 0 Å². The molecule has 3 saturated heterocycles. The van der Waals surface area contributed by atoms with Gasteiger partial charge in [-0.3, -0.25) is 14.4 Å². The number of amides is 2. The largest absolute Gasteiger partial charge is 0.466 e. The maximum atomic E-state index is 14.1. The fraction of sp³-hybridized carbons (Fsp3) is 0.808. The van der Waals surface area contributed by atoms with Gasteiger partial charge < -0.3 is 24.4 Å². The maximum Gasteiger partial charge on any atom is 0.312 e. The molecule has 2 bridgehead atoms. The van der Waals surface area contributed by atoms with Crippen LogP contribution in [0.15, 0.2) is 12.7 Å². The summed E-state index contributed by atoms with van der Waals surface area (Å²) in [6.07, 6.45) is 5.39. The van der Waals surface area contributed by atoms with Crippen LogP contribution >= 0.6 is 0 Å². The minimum absolute atomic E-state index is 0.00216. The first-order valence-corrected chi connectivity index (χ1v) is 12.8. The summed E-state index contributed by atoms with van der Waals surface area (Å²) in [7, 11) is 0. The average Bonchev–Trinajstić information content (AvgIpc) is 3.28. The predicted octanol–water partition coefficient (Wildman–Crippen LogP) is 2.54. The van der Waals surface area contributed by atoms with E-state index in [1.807, 2.05) is 27.7 Å². The van der Waals surface area contributed by atoms with Crippen LogP contribution < -0.4 is 0 Å². The number of hydrogen-bond donors (Lipinski definition) is 1. The van der Waals surface area contributed by atoms with Crippen LogP contribution in [-0.4, -0.2) is 82.3 Å². The highest BCUT2D eigenvalue weighted by Gasteiger charge is 2.80. The highest BCUT2D eigenvalue weighted by Crippen LogP contribution is 2.65. The molecule has 3 heterocycles. The summed E-state index contributed by atoms with van der Waals surface area (Å²) in [5, 5.41) is 9.07. The van der Waals surface area contributed by atoms with Gasteiger partial charge in [0.1, 0.15) is 17.6 Å². The molecule has 1 N–H and O–H groups in total. The van der Waals surface area contributed by atoms with Gasteiger partial charge in [0.2, 0.25) is 11.8 Å². The zero-order valence-electron chi connectivity index (χ0n) is 21.4. The van der Waals surface area contributed by atoms with Gasteiger partial charge in [0, 0.05) is 25.7 Å². The van der Waals surface area contributed by atoms with Gasteiger partial charge in [-0.05, 0) is 52.9 Å². The molecule has 192 valence electrons. The van der Waals surface area contributed by atoms with E-state index in [0.717, 1.165) is 19.3 Å². The van der Waals surface area contributed by atoms with Gasteiger partial charge in [-0.2, -0.15) is 0 Å². The normalized spacial score (nSPS) is 34.0. The zero-order chi connectivity index (χ0) is 25.3. The number of esters is 1. The Morgan fingerprint density at radius 1 is 1.32 bits per heavy atom. The molecule has 0 aromatic heterocycles. The Morgan fingerprint density at radius 2 is 2.00 bits per heavy atom. The highest BCUT2D eigenvalue weighted by atomic mass is 16.6. The van der Waals surface area contributed by atoms with Crippen molar-refractivity contribution in [3.05, 3.63) is 12.7 Å². The van der Waals surface area contributed by atoms with Gasteiger partial charge in [-0.25, -0.2) is 0 Å². The molecule has 1 spiro atoms. The molecule has 0 aromatic rings. The van der Waals surface area contributed by atoms with Crippen LogP contribution in [0.5, 0.6) is 0 Å². The molecule has 8 heteroatoms. The summed E-state index contributed by atoms with van der Waals surface area (Å²) in [6.45, 7) is 14.6. The average molecular weight is 479 g/mol.